The van der Waals surface area contributed by atoms with Gasteiger partial charge in [0.25, 0.3) is 5.91 Å². The number of fused-ring (bicyclic) bond motifs is 2. The summed E-state index contributed by atoms with van der Waals surface area (Å²) in [7, 11) is 0. The van der Waals surface area contributed by atoms with Crippen LogP contribution in [-0.2, 0) is 0 Å². The summed E-state index contributed by atoms with van der Waals surface area (Å²) in [6.07, 6.45) is 8.28. The van der Waals surface area contributed by atoms with E-state index in [1.54, 1.807) is 12.4 Å². The Morgan fingerprint density at radius 3 is 2.71 bits per heavy atom. The number of nitrogens with zero attached hydrogens (tertiary/aromatic N) is 5. The Morgan fingerprint density at radius 1 is 1.13 bits per heavy atom. The van der Waals surface area contributed by atoms with E-state index >= 15 is 0 Å². The molecule has 4 heterocycles. The van der Waals surface area contributed by atoms with Crippen molar-refractivity contribution in [3.05, 3.63) is 65.9 Å². The molecule has 2 aliphatic heterocycles. The van der Waals surface area contributed by atoms with Crippen molar-refractivity contribution in [3.63, 3.8) is 0 Å². The van der Waals surface area contributed by atoms with E-state index in [2.05, 4.69) is 20.1 Å². The fraction of sp³-hybridized carbons (Fsp3) is 0.391. The number of pyridine rings is 1. The summed E-state index contributed by atoms with van der Waals surface area (Å²) in [4.78, 5) is 21.3. The molecule has 7 nitrogen and oxygen atoms in total. The minimum Gasteiger partial charge on any atom is -0.477 e. The van der Waals surface area contributed by atoms with Gasteiger partial charge in [0.05, 0.1) is 36.4 Å². The molecule has 0 radical (unpaired) electrons. The number of piperidine rings is 1. The summed E-state index contributed by atoms with van der Waals surface area (Å²) in [5.41, 5.74) is 2.33. The Hall–Kier alpha value is -3.29. The van der Waals surface area contributed by atoms with Crippen LogP contribution in [0, 0.1) is 18.7 Å². The van der Waals surface area contributed by atoms with Crippen LogP contribution in [0.3, 0.4) is 0 Å². The molecule has 160 valence electrons. The summed E-state index contributed by atoms with van der Waals surface area (Å²) in [6.45, 7) is 2.44. The number of rotatable bonds is 5. The van der Waals surface area contributed by atoms with E-state index in [0.29, 0.717) is 23.7 Å². The lowest BCUT2D eigenvalue weighted by molar-refractivity contribution is 0.0402. The lowest BCUT2D eigenvalue weighted by atomic mass is 9.90. The Balaban J connectivity index is 1.38. The van der Waals surface area contributed by atoms with Crippen LogP contribution in [0.4, 0.5) is 4.39 Å². The minimum atomic E-state index is -0.388. The van der Waals surface area contributed by atoms with Gasteiger partial charge in [-0.15, -0.1) is 0 Å². The molecule has 2 aromatic heterocycles. The highest BCUT2D eigenvalue weighted by atomic mass is 19.1. The lowest BCUT2D eigenvalue weighted by Gasteiger charge is -2.40. The molecule has 2 saturated heterocycles. The number of aryl methyl sites for hydroxylation is 1. The van der Waals surface area contributed by atoms with Gasteiger partial charge < -0.3 is 9.64 Å². The van der Waals surface area contributed by atoms with E-state index in [-0.39, 0.29) is 29.7 Å². The highest BCUT2D eigenvalue weighted by Crippen LogP contribution is 2.40. The van der Waals surface area contributed by atoms with Crippen molar-refractivity contribution < 1.29 is 13.9 Å². The Bertz CT molecular complexity index is 1070. The van der Waals surface area contributed by atoms with Crippen LogP contribution in [0.2, 0.25) is 0 Å². The smallest absolute Gasteiger partial charge is 0.256 e. The van der Waals surface area contributed by atoms with Crippen LogP contribution in [0.5, 0.6) is 5.88 Å². The molecule has 3 aromatic rings. The molecule has 5 rings (SSSR count). The fourth-order valence-corrected chi connectivity index (χ4v) is 4.88. The average molecular weight is 421 g/mol. The van der Waals surface area contributed by atoms with Gasteiger partial charge >= 0.3 is 0 Å². The van der Waals surface area contributed by atoms with Gasteiger partial charge in [-0.25, -0.2) is 9.37 Å². The third-order valence-corrected chi connectivity index (χ3v) is 6.36. The van der Waals surface area contributed by atoms with Gasteiger partial charge in [-0.1, -0.05) is 11.6 Å². The van der Waals surface area contributed by atoms with Crippen LogP contribution in [0.25, 0.3) is 5.69 Å². The van der Waals surface area contributed by atoms with Gasteiger partial charge in [-0.2, -0.15) is 15.0 Å². The summed E-state index contributed by atoms with van der Waals surface area (Å²) >= 11 is 0. The molecular weight excluding hydrogens is 397 g/mol. The van der Waals surface area contributed by atoms with Gasteiger partial charge in [-0.05, 0) is 50.8 Å². The number of benzene rings is 1. The summed E-state index contributed by atoms with van der Waals surface area (Å²) in [5.74, 6) is 0.255. The maximum absolute atomic E-state index is 13.7. The Labute approximate surface area is 179 Å². The van der Waals surface area contributed by atoms with Gasteiger partial charge in [0.2, 0.25) is 5.88 Å². The first-order valence-electron chi connectivity index (χ1n) is 10.6. The first kappa shape index (κ1) is 19.7. The fourth-order valence-electron chi connectivity index (χ4n) is 4.88. The second kappa shape index (κ2) is 8.09. The van der Waals surface area contributed by atoms with Gasteiger partial charge in [0.1, 0.15) is 5.82 Å². The van der Waals surface area contributed by atoms with Crippen molar-refractivity contribution in [1.82, 2.24) is 24.9 Å². The monoisotopic (exact) mass is 421 g/mol. The molecule has 2 fully saturated rings. The quantitative estimate of drug-likeness (QED) is 0.630. The van der Waals surface area contributed by atoms with Gasteiger partial charge in [0, 0.05) is 24.1 Å². The zero-order valence-corrected chi connectivity index (χ0v) is 17.3. The third kappa shape index (κ3) is 3.78. The van der Waals surface area contributed by atoms with Crippen LogP contribution in [0.15, 0.2) is 48.9 Å². The molecule has 0 saturated carbocycles. The number of hydrogen-bond acceptors (Lipinski definition) is 5. The predicted octanol–water partition coefficient (Wildman–Crippen LogP) is 3.57. The van der Waals surface area contributed by atoms with Crippen LogP contribution in [0.1, 0.15) is 41.6 Å². The molecule has 1 amide bonds. The standard InChI is InChI=1S/C23H24FN5O2/c1-15-2-7-21(29-26-10-11-27-29)19(12-15)23(30)28-18-5-3-16(20(28)8-6-18)14-31-22-9-4-17(24)13-25-22/h2,4,7,9-13,16,18,20H,3,5-6,8,14H2,1H3/t16-,18-,20?/m1/s1. The highest BCUT2D eigenvalue weighted by molar-refractivity contribution is 5.98. The number of halogens is 1. The molecule has 1 unspecified atom stereocenters. The molecule has 1 aromatic carbocycles. The Kier molecular flexibility index (Phi) is 5.13. The number of hydrogen-bond donors (Lipinski definition) is 0. The predicted molar refractivity (Wildman–Crippen MR) is 111 cm³/mol. The zero-order chi connectivity index (χ0) is 21.4. The maximum Gasteiger partial charge on any atom is 0.256 e. The van der Waals surface area contributed by atoms with E-state index in [4.69, 9.17) is 4.74 Å². The minimum absolute atomic E-state index is 0.0214. The second-order valence-electron chi connectivity index (χ2n) is 8.31. The van der Waals surface area contributed by atoms with Crippen molar-refractivity contribution in [2.45, 2.75) is 44.7 Å². The topological polar surface area (TPSA) is 73.1 Å². The average Bonchev–Trinajstić information content (AvgIpc) is 3.41. The molecule has 2 aliphatic rings. The zero-order valence-electron chi connectivity index (χ0n) is 17.3. The molecule has 2 bridgehead atoms. The van der Waals surface area contributed by atoms with E-state index in [0.717, 1.165) is 37.4 Å². The second-order valence-corrected chi connectivity index (χ2v) is 8.31. The highest BCUT2D eigenvalue weighted by Gasteiger charge is 2.45. The van der Waals surface area contributed by atoms with Crippen molar-refractivity contribution in [1.29, 1.82) is 0 Å². The molecule has 0 aliphatic carbocycles. The van der Waals surface area contributed by atoms with Crippen LogP contribution in [-0.4, -0.2) is 49.5 Å². The SMILES string of the molecule is Cc1ccc(-n2nccn2)c(C(=O)N2C3CC[C@H]2CC[C@@H]3COc2ccc(F)cn2)c1. The summed E-state index contributed by atoms with van der Waals surface area (Å²) < 4.78 is 18.9. The first-order chi connectivity index (χ1) is 15.1. The molecule has 8 heteroatoms. The molecular formula is C23H24FN5O2. The molecule has 3 atom stereocenters. The number of ether oxygens (including phenoxy) is 1. The third-order valence-electron chi connectivity index (χ3n) is 6.36. The van der Waals surface area contributed by atoms with Gasteiger partial charge in [-0.3, -0.25) is 4.79 Å². The van der Waals surface area contributed by atoms with Gasteiger partial charge in [0.15, 0.2) is 0 Å². The molecule has 0 N–H and O–H groups in total. The van der Waals surface area contributed by atoms with Crippen molar-refractivity contribution in [3.8, 4) is 11.6 Å². The number of aromatic nitrogens is 4. The molecule has 0 spiro atoms. The Morgan fingerprint density at radius 2 is 1.94 bits per heavy atom. The van der Waals surface area contributed by atoms with Crippen molar-refractivity contribution in [2.24, 2.45) is 5.92 Å². The summed E-state index contributed by atoms with van der Waals surface area (Å²) in [6, 6.07) is 9.02. The normalized spacial score (nSPS) is 22.5. The lowest BCUT2D eigenvalue weighted by Crippen LogP contribution is -2.49. The van der Waals surface area contributed by atoms with E-state index in [1.807, 2.05) is 25.1 Å². The van der Waals surface area contributed by atoms with E-state index < -0.39 is 0 Å². The van der Waals surface area contributed by atoms with Crippen LogP contribution >= 0.6 is 0 Å². The number of carbonyl (C=O) groups is 1. The van der Waals surface area contributed by atoms with E-state index in [1.165, 1.54) is 16.9 Å². The number of amides is 1. The molecule has 31 heavy (non-hydrogen) atoms. The van der Waals surface area contributed by atoms with Crippen molar-refractivity contribution in [2.75, 3.05) is 6.61 Å². The van der Waals surface area contributed by atoms with Crippen molar-refractivity contribution >= 4 is 5.91 Å². The maximum atomic E-state index is 13.7. The van der Waals surface area contributed by atoms with E-state index in [9.17, 15) is 9.18 Å². The largest absolute Gasteiger partial charge is 0.477 e. The summed E-state index contributed by atoms with van der Waals surface area (Å²) in [5, 5.41) is 8.45. The van der Waals surface area contributed by atoms with Crippen LogP contribution < -0.4 is 4.74 Å². The first-order valence-corrected chi connectivity index (χ1v) is 10.6. The number of carbonyl (C=O) groups excluding carboxylic acids is 1.